The number of benzene rings is 2. The van der Waals surface area contributed by atoms with Gasteiger partial charge in [-0.1, -0.05) is 60.7 Å². The Balaban J connectivity index is 1.99. The number of allylic oxidation sites excluding steroid dienone is 4. The number of ether oxygens (including phenoxy) is 1. The highest BCUT2D eigenvalue weighted by molar-refractivity contribution is 5.92. The van der Waals surface area contributed by atoms with Gasteiger partial charge in [-0.3, -0.25) is 0 Å². The topological polar surface area (TPSA) is 44.1 Å². The minimum atomic E-state index is -0.434. The molecule has 0 atom stereocenters. The number of carbonyl (C=O) groups excluding carboxylic acids is 1. The van der Waals surface area contributed by atoms with Crippen molar-refractivity contribution in [2.24, 2.45) is 0 Å². The molecule has 0 unspecified atom stereocenters. The summed E-state index contributed by atoms with van der Waals surface area (Å²) in [6, 6.07) is 17.2. The summed E-state index contributed by atoms with van der Waals surface area (Å²) in [4.78, 5) is 17.4. The van der Waals surface area contributed by atoms with Crippen molar-refractivity contribution in [2.75, 3.05) is 0 Å². The molecule has 0 N–H and O–H groups in total. The molecule has 3 aromatic rings. The molecule has 2 aromatic carbocycles. The summed E-state index contributed by atoms with van der Waals surface area (Å²) >= 11 is 0. The van der Waals surface area contributed by atoms with Crippen LogP contribution in [0.15, 0.2) is 72.8 Å². The molecule has 0 aliphatic rings. The molecule has 0 fully saturated rings. The summed E-state index contributed by atoms with van der Waals surface area (Å²) < 4.78 is 7.06. The van der Waals surface area contributed by atoms with E-state index in [1.807, 2.05) is 86.7 Å². The lowest BCUT2D eigenvalue weighted by Gasteiger charge is -2.09. The van der Waals surface area contributed by atoms with Crippen LogP contribution in [0.2, 0.25) is 0 Å². The highest BCUT2D eigenvalue weighted by Gasteiger charge is 2.19. The maximum absolute atomic E-state index is 12.8. The van der Waals surface area contributed by atoms with Crippen molar-refractivity contribution in [3.05, 3.63) is 84.2 Å². The van der Waals surface area contributed by atoms with Crippen molar-refractivity contribution in [1.82, 2.24) is 9.55 Å². The summed E-state index contributed by atoms with van der Waals surface area (Å²) in [7, 11) is 0. The third kappa shape index (κ3) is 3.53. The van der Waals surface area contributed by atoms with Crippen LogP contribution < -0.4 is 0 Å². The van der Waals surface area contributed by atoms with E-state index in [0.717, 1.165) is 22.2 Å². The molecule has 0 saturated carbocycles. The smallest absolute Gasteiger partial charge is 0.420 e. The van der Waals surface area contributed by atoms with E-state index in [-0.39, 0.29) is 6.61 Å². The van der Waals surface area contributed by atoms with Gasteiger partial charge >= 0.3 is 6.09 Å². The minimum Gasteiger partial charge on any atom is -0.444 e. The van der Waals surface area contributed by atoms with Gasteiger partial charge in [-0.2, -0.15) is 0 Å². The Bertz CT molecular complexity index is 937. The van der Waals surface area contributed by atoms with E-state index in [1.165, 1.54) is 4.57 Å². The average Bonchev–Trinajstić information content (AvgIpc) is 3.04. The zero-order chi connectivity index (χ0) is 17.6. The Morgan fingerprint density at radius 1 is 1.08 bits per heavy atom. The normalized spacial score (nSPS) is 12.0. The first-order valence-electron chi connectivity index (χ1n) is 8.22. The largest absolute Gasteiger partial charge is 0.444 e. The van der Waals surface area contributed by atoms with Gasteiger partial charge in [0.25, 0.3) is 0 Å². The first-order chi connectivity index (χ1) is 12.2. The van der Waals surface area contributed by atoms with Gasteiger partial charge in [0.2, 0.25) is 0 Å². The Hall–Kier alpha value is -3.14. The predicted molar refractivity (Wildman–Crippen MR) is 100 cm³/mol. The molecule has 1 heterocycles. The van der Waals surface area contributed by atoms with Crippen LogP contribution in [-0.2, 0) is 11.3 Å². The third-order valence-corrected chi connectivity index (χ3v) is 3.86. The van der Waals surface area contributed by atoms with Crippen molar-refractivity contribution >= 4 is 22.7 Å². The van der Waals surface area contributed by atoms with E-state index in [9.17, 15) is 4.79 Å². The summed E-state index contributed by atoms with van der Waals surface area (Å²) in [5.41, 5.74) is 3.31. The van der Waals surface area contributed by atoms with Crippen LogP contribution in [0.4, 0.5) is 4.79 Å². The molecule has 4 nitrogen and oxygen atoms in total. The maximum atomic E-state index is 12.8. The number of nitrogens with zero attached hydrogens (tertiary/aromatic N) is 2. The van der Waals surface area contributed by atoms with Gasteiger partial charge in [-0.15, -0.1) is 0 Å². The van der Waals surface area contributed by atoms with Crippen molar-refractivity contribution in [3.8, 4) is 0 Å². The fourth-order valence-corrected chi connectivity index (χ4v) is 2.67. The zero-order valence-electron chi connectivity index (χ0n) is 14.3. The number of para-hydroxylation sites is 2. The molecule has 126 valence electrons. The SMILES string of the molecule is C/C=C\C(=C/C)c1nc2ccccc2n1C(=O)OCc1ccccc1. The van der Waals surface area contributed by atoms with E-state index < -0.39 is 6.09 Å². The van der Waals surface area contributed by atoms with Gasteiger partial charge < -0.3 is 4.74 Å². The lowest BCUT2D eigenvalue weighted by molar-refractivity contribution is 0.142. The van der Waals surface area contributed by atoms with Crippen LogP contribution >= 0.6 is 0 Å². The number of hydrogen-bond acceptors (Lipinski definition) is 3. The highest BCUT2D eigenvalue weighted by Crippen LogP contribution is 2.23. The highest BCUT2D eigenvalue weighted by atomic mass is 16.5. The fourth-order valence-electron chi connectivity index (χ4n) is 2.67. The molecule has 0 aliphatic heterocycles. The molecule has 0 amide bonds. The Kier molecular flexibility index (Phi) is 5.09. The molecule has 0 aliphatic carbocycles. The first-order valence-corrected chi connectivity index (χ1v) is 8.22. The minimum absolute atomic E-state index is 0.223. The third-order valence-electron chi connectivity index (χ3n) is 3.86. The standard InChI is InChI=1S/C21H20N2O2/c1-3-10-17(4-2)20-22-18-13-8-9-14-19(18)23(20)21(24)25-15-16-11-6-5-7-12-16/h3-14H,15H2,1-2H3/b10-3-,17-4+. The van der Waals surface area contributed by atoms with E-state index >= 15 is 0 Å². The van der Waals surface area contributed by atoms with Crippen molar-refractivity contribution in [2.45, 2.75) is 20.5 Å². The fraction of sp³-hybridized carbons (Fsp3) is 0.143. The molecular weight excluding hydrogens is 312 g/mol. The van der Waals surface area contributed by atoms with Crippen molar-refractivity contribution < 1.29 is 9.53 Å². The van der Waals surface area contributed by atoms with E-state index in [1.54, 1.807) is 0 Å². The number of imidazole rings is 1. The number of carbonyl (C=O) groups is 1. The van der Waals surface area contributed by atoms with E-state index in [0.29, 0.717) is 5.82 Å². The lowest BCUT2D eigenvalue weighted by Crippen LogP contribution is -2.16. The van der Waals surface area contributed by atoms with Gasteiger partial charge in [0.15, 0.2) is 0 Å². The molecule has 0 radical (unpaired) electrons. The summed E-state index contributed by atoms with van der Waals surface area (Å²) in [5, 5.41) is 0. The van der Waals surface area contributed by atoms with E-state index in [4.69, 9.17) is 4.74 Å². The van der Waals surface area contributed by atoms with Gasteiger partial charge in [0, 0.05) is 5.57 Å². The monoisotopic (exact) mass is 332 g/mol. The Morgan fingerprint density at radius 2 is 1.80 bits per heavy atom. The molecule has 25 heavy (non-hydrogen) atoms. The zero-order valence-corrected chi connectivity index (χ0v) is 14.3. The number of hydrogen-bond donors (Lipinski definition) is 0. The average molecular weight is 332 g/mol. The number of rotatable bonds is 4. The molecule has 4 heteroatoms. The van der Waals surface area contributed by atoms with Gasteiger partial charge in [0.1, 0.15) is 12.4 Å². The molecule has 0 bridgehead atoms. The van der Waals surface area contributed by atoms with Crippen LogP contribution in [0.25, 0.3) is 16.6 Å². The Morgan fingerprint density at radius 3 is 2.52 bits per heavy atom. The van der Waals surface area contributed by atoms with Gasteiger partial charge in [-0.25, -0.2) is 14.3 Å². The second kappa shape index (κ2) is 7.62. The molecule has 0 spiro atoms. The number of aromatic nitrogens is 2. The quantitative estimate of drug-likeness (QED) is 0.617. The molecular formula is C21H20N2O2. The maximum Gasteiger partial charge on any atom is 0.420 e. The summed E-state index contributed by atoms with van der Waals surface area (Å²) in [6.07, 6.45) is 5.36. The van der Waals surface area contributed by atoms with Crippen LogP contribution in [0.5, 0.6) is 0 Å². The van der Waals surface area contributed by atoms with Crippen LogP contribution in [-0.4, -0.2) is 15.6 Å². The van der Waals surface area contributed by atoms with Crippen LogP contribution in [0, 0.1) is 0 Å². The van der Waals surface area contributed by atoms with Crippen LogP contribution in [0.1, 0.15) is 25.2 Å². The molecule has 0 saturated heterocycles. The first kappa shape index (κ1) is 16.7. The Labute approximate surface area is 147 Å². The van der Waals surface area contributed by atoms with Crippen LogP contribution in [0.3, 0.4) is 0 Å². The lowest BCUT2D eigenvalue weighted by atomic mass is 10.2. The summed E-state index contributed by atoms with van der Waals surface area (Å²) in [5.74, 6) is 0.583. The van der Waals surface area contributed by atoms with Crippen molar-refractivity contribution in [1.29, 1.82) is 0 Å². The second-order valence-corrected chi connectivity index (χ2v) is 5.54. The predicted octanol–water partition coefficient (Wildman–Crippen LogP) is 5.20. The van der Waals surface area contributed by atoms with E-state index in [2.05, 4.69) is 4.98 Å². The van der Waals surface area contributed by atoms with Gasteiger partial charge in [0.05, 0.1) is 11.0 Å². The number of fused-ring (bicyclic) bond motifs is 1. The van der Waals surface area contributed by atoms with Crippen molar-refractivity contribution in [3.63, 3.8) is 0 Å². The van der Waals surface area contributed by atoms with Gasteiger partial charge in [-0.05, 0) is 31.5 Å². The summed E-state index contributed by atoms with van der Waals surface area (Å²) in [6.45, 7) is 4.08. The second-order valence-electron chi connectivity index (χ2n) is 5.54. The molecule has 3 rings (SSSR count). The molecule has 1 aromatic heterocycles.